The molecule has 0 spiro atoms. The molecule has 0 aliphatic rings. The molecule has 2 heterocycles. The zero-order chi connectivity index (χ0) is 28.3. The summed E-state index contributed by atoms with van der Waals surface area (Å²) < 4.78 is 11.7. The Morgan fingerprint density at radius 2 is 1.69 bits per heavy atom. The van der Waals surface area contributed by atoms with E-state index < -0.39 is 28.8 Å². The lowest BCUT2D eigenvalue weighted by Gasteiger charge is -2.19. The first kappa shape index (κ1) is 28.1. The molecule has 0 saturated carbocycles. The second-order valence-corrected chi connectivity index (χ2v) is 10.3. The molecular weight excluding hydrogens is 571 g/mol. The lowest BCUT2D eigenvalue weighted by atomic mass is 10.1. The van der Waals surface area contributed by atoms with Crippen LogP contribution >= 0.6 is 34.8 Å². The fraction of sp³-hybridized carbons (Fsp3) is 0.200. The highest BCUT2D eigenvalue weighted by Crippen LogP contribution is 2.38. The van der Waals surface area contributed by atoms with Crippen LogP contribution in [0.25, 0.3) is 5.69 Å². The second kappa shape index (κ2) is 11.4. The molecule has 0 saturated heterocycles. The maximum atomic E-state index is 12.5. The van der Waals surface area contributed by atoms with E-state index in [-0.39, 0.29) is 32.5 Å². The zero-order valence-corrected chi connectivity index (χ0v) is 23.1. The fourth-order valence-electron chi connectivity index (χ4n) is 3.31. The predicted molar refractivity (Wildman–Crippen MR) is 147 cm³/mol. The van der Waals surface area contributed by atoms with Crippen LogP contribution in [0.2, 0.25) is 15.2 Å². The van der Waals surface area contributed by atoms with Gasteiger partial charge in [-0.05, 0) is 38.5 Å². The number of anilines is 1. The van der Waals surface area contributed by atoms with E-state index in [2.05, 4.69) is 25.6 Å². The van der Waals surface area contributed by atoms with Gasteiger partial charge in [0.2, 0.25) is 11.7 Å². The number of hydrogen-bond acceptors (Lipinski definition) is 8. The van der Waals surface area contributed by atoms with Crippen LogP contribution in [-0.4, -0.2) is 36.7 Å². The molecule has 0 bridgehead atoms. The van der Waals surface area contributed by atoms with E-state index in [0.29, 0.717) is 12.0 Å². The highest BCUT2D eigenvalue weighted by atomic mass is 35.5. The van der Waals surface area contributed by atoms with Gasteiger partial charge in [-0.1, -0.05) is 65.1 Å². The van der Waals surface area contributed by atoms with E-state index in [1.807, 2.05) is 30.3 Å². The Balaban J connectivity index is 1.62. The lowest BCUT2D eigenvalue weighted by molar-refractivity contribution is 0.0634. The van der Waals surface area contributed by atoms with E-state index in [4.69, 9.17) is 44.3 Å². The van der Waals surface area contributed by atoms with E-state index in [1.54, 1.807) is 26.8 Å². The summed E-state index contributed by atoms with van der Waals surface area (Å²) in [6, 6.07) is 13.9. The van der Waals surface area contributed by atoms with Crippen molar-refractivity contribution in [3.63, 3.8) is 0 Å². The Labute approximate surface area is 236 Å². The van der Waals surface area contributed by atoms with E-state index >= 15 is 0 Å². The van der Waals surface area contributed by atoms with Gasteiger partial charge in [-0.3, -0.25) is 15.1 Å². The molecule has 2 aromatic carbocycles. The first-order valence-corrected chi connectivity index (χ1v) is 12.5. The minimum Gasteiger partial charge on any atom is -0.444 e. The molecule has 0 aliphatic heterocycles. The van der Waals surface area contributed by atoms with Gasteiger partial charge in [-0.2, -0.15) is 4.68 Å². The van der Waals surface area contributed by atoms with E-state index in [0.717, 1.165) is 10.2 Å². The molecule has 0 atom stereocenters. The number of rotatable bonds is 6. The second-order valence-electron chi connectivity index (χ2n) is 9.15. The molecule has 2 aromatic heterocycles. The number of benzene rings is 2. The minimum absolute atomic E-state index is 0.000380. The summed E-state index contributed by atoms with van der Waals surface area (Å²) in [4.78, 5) is 38.8. The summed E-state index contributed by atoms with van der Waals surface area (Å²) in [7, 11) is 0. The van der Waals surface area contributed by atoms with Gasteiger partial charge in [0.05, 0.1) is 15.7 Å². The molecule has 14 heteroatoms. The van der Waals surface area contributed by atoms with Crippen LogP contribution in [0.1, 0.15) is 31.9 Å². The molecular formula is C25H21Cl3N6O5. The van der Waals surface area contributed by atoms with Gasteiger partial charge in [-0.15, -0.1) is 15.3 Å². The Hall–Kier alpha value is -3.93. The number of aromatic nitrogens is 5. The summed E-state index contributed by atoms with van der Waals surface area (Å²) in [5.74, 6) is -0.349. The Morgan fingerprint density at radius 1 is 1.03 bits per heavy atom. The number of ether oxygens (including phenoxy) is 2. The maximum absolute atomic E-state index is 12.5. The number of carbonyl (C=O) groups excluding carboxylic acids is 1. The summed E-state index contributed by atoms with van der Waals surface area (Å²) in [5.41, 5.74) is -0.878. The van der Waals surface area contributed by atoms with Crippen molar-refractivity contribution in [1.29, 1.82) is 0 Å². The lowest BCUT2D eigenvalue weighted by Crippen LogP contribution is -2.36. The normalized spacial score (nSPS) is 11.2. The first-order valence-electron chi connectivity index (χ1n) is 11.4. The van der Waals surface area contributed by atoms with Gasteiger partial charge >= 0.3 is 11.8 Å². The number of carbonyl (C=O) groups is 1. The van der Waals surface area contributed by atoms with Crippen molar-refractivity contribution in [3.05, 3.63) is 95.7 Å². The Kier molecular flexibility index (Phi) is 8.24. The van der Waals surface area contributed by atoms with Crippen LogP contribution < -0.4 is 21.3 Å². The number of aromatic amines is 1. The number of hydrogen-bond donors (Lipinski definition) is 2. The van der Waals surface area contributed by atoms with Crippen LogP contribution in [0, 0.1) is 0 Å². The molecule has 4 aromatic rings. The highest BCUT2D eigenvalue weighted by molar-refractivity contribution is 6.37. The number of nitrogens with one attached hydrogen (secondary N) is 2. The number of nitrogens with zero attached hydrogens (tertiary/aromatic N) is 4. The average molecular weight is 592 g/mol. The predicted octanol–water partition coefficient (Wildman–Crippen LogP) is 5.40. The molecule has 1 amide bonds. The minimum atomic E-state index is -0.929. The molecule has 4 rings (SSSR count). The average Bonchev–Trinajstić information content (AvgIpc) is 2.84. The summed E-state index contributed by atoms with van der Waals surface area (Å²) in [6.07, 6.45) is -0.437. The molecule has 202 valence electrons. The van der Waals surface area contributed by atoms with Gasteiger partial charge in [0.25, 0.3) is 5.56 Å². The van der Waals surface area contributed by atoms with Crippen molar-refractivity contribution in [2.24, 2.45) is 0 Å². The summed E-state index contributed by atoms with van der Waals surface area (Å²) in [5, 5.41) is 14.2. The molecule has 2 N–H and O–H groups in total. The van der Waals surface area contributed by atoms with Gasteiger partial charge in [-0.25, -0.2) is 9.59 Å². The quantitative estimate of drug-likeness (QED) is 0.304. The zero-order valence-electron chi connectivity index (χ0n) is 20.8. The topological polar surface area (TPSA) is 141 Å². The highest BCUT2D eigenvalue weighted by Gasteiger charge is 2.20. The molecule has 11 nitrogen and oxygen atoms in total. The third-order valence-electron chi connectivity index (χ3n) is 4.92. The van der Waals surface area contributed by atoms with Crippen LogP contribution in [0.5, 0.6) is 11.6 Å². The van der Waals surface area contributed by atoms with Crippen LogP contribution in [0.3, 0.4) is 0 Å². The molecule has 0 radical (unpaired) electrons. The fourth-order valence-corrected chi connectivity index (χ4v) is 4.02. The Bertz CT molecular complexity index is 1630. The standard InChI is InChI=1S/C25H21Cl3N6O5/c1-25(2,3)39-24(37)29-21-22(35)30-23(36)34(33-21)15-11-16(26)19(17(27)12-15)38-18-10-14(20(28)32-31-18)9-13-7-5-4-6-8-13/h4-8,10-12H,9H2,1-3H3,(H,29,33,37)(H,30,35,36). The number of halogens is 3. The van der Waals surface area contributed by atoms with Crippen molar-refractivity contribution in [3.8, 4) is 17.3 Å². The smallest absolute Gasteiger partial charge is 0.413 e. The van der Waals surface area contributed by atoms with Gasteiger partial charge in [0, 0.05) is 18.1 Å². The van der Waals surface area contributed by atoms with Crippen molar-refractivity contribution in [2.45, 2.75) is 32.8 Å². The largest absolute Gasteiger partial charge is 0.444 e. The number of H-pyrrole nitrogens is 1. The van der Waals surface area contributed by atoms with E-state index in [9.17, 15) is 14.4 Å². The van der Waals surface area contributed by atoms with Gasteiger partial charge in [0.1, 0.15) is 5.60 Å². The summed E-state index contributed by atoms with van der Waals surface area (Å²) >= 11 is 19.1. The van der Waals surface area contributed by atoms with Gasteiger partial charge in [0.15, 0.2) is 10.9 Å². The summed E-state index contributed by atoms with van der Waals surface area (Å²) in [6.45, 7) is 4.95. The molecule has 0 fully saturated rings. The monoisotopic (exact) mass is 590 g/mol. The molecule has 0 unspecified atom stereocenters. The SMILES string of the molecule is CC(C)(C)OC(=O)Nc1nn(-c2cc(Cl)c(Oc3cc(Cc4ccccc4)c(Cl)nn3)c(Cl)c2)c(=O)[nH]c1=O. The van der Waals surface area contributed by atoms with Gasteiger partial charge < -0.3 is 9.47 Å². The third-order valence-corrected chi connectivity index (χ3v) is 5.80. The van der Waals surface area contributed by atoms with E-state index in [1.165, 1.54) is 12.1 Å². The van der Waals surface area contributed by atoms with Crippen molar-refractivity contribution in [2.75, 3.05) is 5.32 Å². The Morgan fingerprint density at radius 3 is 2.33 bits per heavy atom. The van der Waals surface area contributed by atoms with Crippen LogP contribution in [-0.2, 0) is 11.2 Å². The molecule has 0 aliphatic carbocycles. The van der Waals surface area contributed by atoms with Crippen LogP contribution in [0.4, 0.5) is 10.6 Å². The number of amides is 1. The molecule has 39 heavy (non-hydrogen) atoms. The van der Waals surface area contributed by atoms with Crippen molar-refractivity contribution < 1.29 is 14.3 Å². The van der Waals surface area contributed by atoms with Crippen LogP contribution in [0.15, 0.2) is 58.1 Å². The maximum Gasteiger partial charge on any atom is 0.413 e. The first-order chi connectivity index (χ1) is 18.4. The van der Waals surface area contributed by atoms with Crippen molar-refractivity contribution >= 4 is 46.7 Å². The van der Waals surface area contributed by atoms with Crippen molar-refractivity contribution in [1.82, 2.24) is 25.0 Å². The third kappa shape index (κ3) is 7.14.